The molecule has 1 aliphatic heterocycles. The van der Waals surface area contributed by atoms with Crippen LogP contribution in [0.5, 0.6) is 0 Å². The Kier molecular flexibility index (Phi) is 8.95. The molecule has 1 aromatic rings. The summed E-state index contributed by atoms with van der Waals surface area (Å²) in [5, 5.41) is 7.98. The Balaban J connectivity index is 2.13. The number of allylic oxidation sites excluding steroid dienone is 8. The first-order chi connectivity index (χ1) is 13.1. The summed E-state index contributed by atoms with van der Waals surface area (Å²) in [7, 11) is 0. The van der Waals surface area contributed by atoms with Gasteiger partial charge in [0.05, 0.1) is 10.9 Å². The van der Waals surface area contributed by atoms with Gasteiger partial charge in [-0.15, -0.1) is 23.4 Å². The van der Waals surface area contributed by atoms with Crippen LogP contribution in [0, 0.1) is 5.92 Å². The van der Waals surface area contributed by atoms with Gasteiger partial charge in [-0.25, -0.2) is 0 Å². The van der Waals surface area contributed by atoms with Crippen molar-refractivity contribution in [1.29, 1.82) is 0 Å². The molecule has 0 aliphatic carbocycles. The van der Waals surface area contributed by atoms with E-state index in [9.17, 15) is 4.79 Å². The lowest BCUT2D eigenvalue weighted by Crippen LogP contribution is -2.39. The first kappa shape index (κ1) is 21.6. The van der Waals surface area contributed by atoms with Crippen LogP contribution in [0.25, 0.3) is 5.57 Å². The van der Waals surface area contributed by atoms with Crippen molar-refractivity contribution in [3.63, 3.8) is 0 Å². The van der Waals surface area contributed by atoms with E-state index in [-0.39, 0.29) is 11.8 Å². The quantitative estimate of drug-likeness (QED) is 0.432. The Labute approximate surface area is 171 Å². The number of nitrogens with zero attached hydrogens (tertiary/aromatic N) is 2. The normalized spacial score (nSPS) is 19.6. The number of halogens is 1. The van der Waals surface area contributed by atoms with Gasteiger partial charge < -0.3 is 0 Å². The molecule has 1 aromatic heterocycles. The van der Waals surface area contributed by atoms with Gasteiger partial charge in [0, 0.05) is 24.9 Å². The van der Waals surface area contributed by atoms with Gasteiger partial charge in [-0.05, 0) is 37.2 Å². The predicted octanol–water partition coefficient (Wildman–Crippen LogP) is 5.91. The molecule has 1 N–H and O–H groups in total. The summed E-state index contributed by atoms with van der Waals surface area (Å²) in [5.41, 5.74) is 1.95. The highest BCUT2D eigenvalue weighted by atomic mass is 35.5. The second-order valence-electron chi connectivity index (χ2n) is 6.28. The molecule has 146 valence electrons. The largest absolute Gasteiger partial charge is 0.295 e. The first-order valence-corrected chi connectivity index (χ1v) is 10.9. The summed E-state index contributed by atoms with van der Waals surface area (Å²) < 4.78 is 0. The molecule has 0 saturated carbocycles. The van der Waals surface area contributed by atoms with E-state index in [0.29, 0.717) is 24.0 Å². The molecular weight excluding hydrogens is 378 g/mol. The van der Waals surface area contributed by atoms with E-state index in [0.717, 1.165) is 24.1 Å². The number of piperidine rings is 1. The number of amides is 1. The van der Waals surface area contributed by atoms with Gasteiger partial charge >= 0.3 is 0 Å². The monoisotopic (exact) mass is 405 g/mol. The summed E-state index contributed by atoms with van der Waals surface area (Å²) >= 11 is 7.47. The lowest BCUT2D eigenvalue weighted by molar-refractivity contribution is -0.120. The van der Waals surface area contributed by atoms with Gasteiger partial charge in [-0.2, -0.15) is 5.10 Å². The molecule has 0 bridgehead atoms. The molecule has 0 spiro atoms. The number of H-pyrrole nitrogens is 1. The van der Waals surface area contributed by atoms with Crippen LogP contribution in [0.3, 0.4) is 0 Å². The number of hydrogen-bond acceptors (Lipinski definition) is 3. The molecule has 6 heteroatoms. The Bertz CT molecular complexity index is 748. The van der Waals surface area contributed by atoms with Gasteiger partial charge in [0.1, 0.15) is 0 Å². The molecular formula is C21H28ClN3OS. The minimum Gasteiger partial charge on any atom is -0.295 e. The van der Waals surface area contributed by atoms with E-state index in [2.05, 4.69) is 35.3 Å². The Morgan fingerprint density at radius 2 is 2.30 bits per heavy atom. The fourth-order valence-electron chi connectivity index (χ4n) is 3.14. The standard InChI is InChI=1S/C21H28ClN3OS/c1-4-7-8-10-16(9-5-2)18-14-20(24-23-18)25-12-11-17(13-21(25)26)19(6-3)27-15-22/h5-10,14,17H,4,11-13,15H2,1-3H3,(H,23,24)/b8-7+,9-5-,16-10+,19-6-. The van der Waals surface area contributed by atoms with Crippen molar-refractivity contribution in [1.82, 2.24) is 10.2 Å². The molecule has 1 saturated heterocycles. The molecule has 27 heavy (non-hydrogen) atoms. The molecule has 1 unspecified atom stereocenters. The van der Waals surface area contributed by atoms with E-state index in [1.807, 2.05) is 38.1 Å². The van der Waals surface area contributed by atoms with Crippen LogP contribution in [0.2, 0.25) is 0 Å². The number of aromatic nitrogens is 2. The summed E-state index contributed by atoms with van der Waals surface area (Å²) in [4.78, 5) is 15.7. The van der Waals surface area contributed by atoms with Crippen molar-refractivity contribution in [2.24, 2.45) is 5.92 Å². The van der Waals surface area contributed by atoms with Gasteiger partial charge in [0.2, 0.25) is 5.91 Å². The van der Waals surface area contributed by atoms with Crippen molar-refractivity contribution in [3.8, 4) is 0 Å². The van der Waals surface area contributed by atoms with Crippen LogP contribution >= 0.6 is 23.4 Å². The Hall–Kier alpha value is -1.72. The second-order valence-corrected chi connectivity index (χ2v) is 7.91. The molecule has 1 atom stereocenters. The zero-order valence-corrected chi connectivity index (χ0v) is 17.8. The average Bonchev–Trinajstić information content (AvgIpc) is 3.15. The number of thioether (sulfide) groups is 1. The summed E-state index contributed by atoms with van der Waals surface area (Å²) in [6, 6.07) is 1.95. The number of nitrogens with one attached hydrogen (secondary N) is 1. The Morgan fingerprint density at radius 1 is 1.48 bits per heavy atom. The molecule has 1 fully saturated rings. The third-order valence-electron chi connectivity index (χ3n) is 4.48. The smallest absolute Gasteiger partial charge is 0.228 e. The summed E-state index contributed by atoms with van der Waals surface area (Å²) in [6.45, 7) is 6.77. The second kappa shape index (κ2) is 11.2. The topological polar surface area (TPSA) is 49.0 Å². The van der Waals surface area contributed by atoms with Crippen LogP contribution in [0.4, 0.5) is 5.82 Å². The number of carbonyl (C=O) groups excluding carboxylic acids is 1. The third kappa shape index (κ3) is 5.88. The fraction of sp³-hybridized carbons (Fsp3) is 0.429. The maximum atomic E-state index is 12.7. The third-order valence-corrected chi connectivity index (χ3v) is 5.82. The van der Waals surface area contributed by atoms with Crippen LogP contribution in [0.15, 0.2) is 47.4 Å². The summed E-state index contributed by atoms with van der Waals surface area (Å²) in [6.07, 6.45) is 14.7. The van der Waals surface area contributed by atoms with Crippen molar-refractivity contribution in [3.05, 3.63) is 53.1 Å². The van der Waals surface area contributed by atoms with E-state index >= 15 is 0 Å². The highest BCUT2D eigenvalue weighted by molar-refractivity contribution is 8.04. The van der Waals surface area contributed by atoms with Gasteiger partial charge in [0.25, 0.3) is 0 Å². The Morgan fingerprint density at radius 3 is 2.93 bits per heavy atom. The van der Waals surface area contributed by atoms with Crippen LogP contribution in [0.1, 0.15) is 45.7 Å². The first-order valence-electron chi connectivity index (χ1n) is 9.35. The van der Waals surface area contributed by atoms with Gasteiger partial charge in [-0.1, -0.05) is 43.4 Å². The van der Waals surface area contributed by atoms with Crippen molar-refractivity contribution < 1.29 is 4.79 Å². The van der Waals surface area contributed by atoms with Crippen LogP contribution in [-0.4, -0.2) is 27.9 Å². The average molecular weight is 406 g/mol. The van der Waals surface area contributed by atoms with E-state index < -0.39 is 0 Å². The van der Waals surface area contributed by atoms with Crippen LogP contribution < -0.4 is 4.90 Å². The lowest BCUT2D eigenvalue weighted by atomic mass is 9.95. The maximum absolute atomic E-state index is 12.7. The van der Waals surface area contributed by atoms with E-state index in [4.69, 9.17) is 11.6 Å². The van der Waals surface area contributed by atoms with Crippen molar-refractivity contribution >= 4 is 40.7 Å². The minimum atomic E-state index is 0.112. The summed E-state index contributed by atoms with van der Waals surface area (Å²) in [5.74, 6) is 1.06. The highest BCUT2D eigenvalue weighted by Crippen LogP contribution is 2.34. The zero-order valence-electron chi connectivity index (χ0n) is 16.2. The fourth-order valence-corrected chi connectivity index (χ4v) is 4.24. The van der Waals surface area contributed by atoms with Crippen molar-refractivity contribution in [2.75, 3.05) is 16.7 Å². The number of anilines is 1. The number of rotatable bonds is 8. The van der Waals surface area contributed by atoms with Gasteiger partial charge in [0.15, 0.2) is 5.82 Å². The predicted molar refractivity (Wildman–Crippen MR) is 118 cm³/mol. The molecule has 1 aliphatic rings. The SMILES string of the molecule is C\C=C/C(=C\C=C\CC)c1cc(N2CCC(/C(=C/C)SCCl)CC2=O)n[nH]1. The molecule has 0 aromatic carbocycles. The lowest BCUT2D eigenvalue weighted by Gasteiger charge is -2.31. The van der Waals surface area contributed by atoms with Crippen LogP contribution in [-0.2, 0) is 4.79 Å². The highest BCUT2D eigenvalue weighted by Gasteiger charge is 2.30. The molecule has 4 nitrogen and oxygen atoms in total. The zero-order chi connectivity index (χ0) is 19.6. The van der Waals surface area contributed by atoms with Gasteiger partial charge in [-0.3, -0.25) is 14.8 Å². The number of alkyl halides is 1. The van der Waals surface area contributed by atoms with E-state index in [1.165, 1.54) is 4.91 Å². The molecule has 2 rings (SSSR count). The minimum absolute atomic E-state index is 0.112. The molecule has 2 heterocycles. The molecule has 0 radical (unpaired) electrons. The van der Waals surface area contributed by atoms with Crippen molar-refractivity contribution in [2.45, 2.75) is 40.0 Å². The molecule has 1 amide bonds. The van der Waals surface area contributed by atoms with E-state index in [1.54, 1.807) is 16.7 Å². The number of hydrogen-bond donors (Lipinski definition) is 1. The maximum Gasteiger partial charge on any atom is 0.228 e. The number of aromatic amines is 1. The number of carbonyl (C=O) groups is 1.